The summed E-state index contributed by atoms with van der Waals surface area (Å²) in [7, 11) is 0. The van der Waals surface area contributed by atoms with E-state index in [2.05, 4.69) is 46.1 Å². The predicted molar refractivity (Wildman–Crippen MR) is 86.7 cm³/mol. The maximum absolute atomic E-state index is 6.01. The van der Waals surface area contributed by atoms with Gasteiger partial charge in [-0.1, -0.05) is 29.8 Å². The van der Waals surface area contributed by atoms with Crippen molar-refractivity contribution in [3.8, 4) is 11.5 Å². The Balaban J connectivity index is 2.27. The smallest absolute Gasteiger partial charge is 0.132 e. The van der Waals surface area contributed by atoms with Crippen LogP contribution in [-0.2, 0) is 0 Å². The van der Waals surface area contributed by atoms with E-state index < -0.39 is 0 Å². The molecule has 1 heterocycles. The maximum atomic E-state index is 6.01. The van der Waals surface area contributed by atoms with E-state index in [1.54, 1.807) is 6.20 Å². The Labute approximate surface area is 128 Å². The van der Waals surface area contributed by atoms with Gasteiger partial charge in [-0.05, 0) is 42.7 Å². The summed E-state index contributed by atoms with van der Waals surface area (Å²) in [5, 5.41) is 3.18. The molecule has 0 atom stereocenters. The zero-order chi connectivity index (χ0) is 14.5. The van der Waals surface area contributed by atoms with Gasteiger partial charge < -0.3 is 10.1 Å². The van der Waals surface area contributed by atoms with E-state index in [4.69, 9.17) is 4.74 Å². The molecule has 0 aliphatic carbocycles. The van der Waals surface area contributed by atoms with Crippen LogP contribution >= 0.6 is 15.9 Å². The van der Waals surface area contributed by atoms with E-state index in [0.29, 0.717) is 5.92 Å². The molecule has 2 rings (SSSR count). The lowest BCUT2D eigenvalue weighted by Crippen LogP contribution is -1.99. The van der Waals surface area contributed by atoms with E-state index in [1.807, 2.05) is 31.2 Å². The Hall–Kier alpha value is -1.55. The van der Waals surface area contributed by atoms with Crippen molar-refractivity contribution in [1.29, 1.82) is 0 Å². The van der Waals surface area contributed by atoms with Crippen molar-refractivity contribution in [2.24, 2.45) is 0 Å². The van der Waals surface area contributed by atoms with Crippen LogP contribution in [0.5, 0.6) is 11.5 Å². The molecule has 0 amide bonds. The summed E-state index contributed by atoms with van der Waals surface area (Å²) in [6, 6.07) is 9.87. The molecule has 0 aliphatic rings. The van der Waals surface area contributed by atoms with Crippen molar-refractivity contribution in [1.82, 2.24) is 4.98 Å². The molecular weight excluding hydrogens is 316 g/mol. The standard InChI is InChI=1S/C16H19BrN2O/c1-4-18-16-10-13(7-8-19-16)20-15-6-5-12(17)9-14(15)11(2)3/h5-11H,4H2,1-3H3,(H,18,19). The molecule has 0 aliphatic heterocycles. The zero-order valence-electron chi connectivity index (χ0n) is 12.0. The van der Waals surface area contributed by atoms with Crippen molar-refractivity contribution >= 4 is 21.7 Å². The number of hydrogen-bond acceptors (Lipinski definition) is 3. The minimum absolute atomic E-state index is 0.401. The number of rotatable bonds is 5. The molecule has 106 valence electrons. The van der Waals surface area contributed by atoms with Crippen LogP contribution in [0.15, 0.2) is 41.0 Å². The summed E-state index contributed by atoms with van der Waals surface area (Å²) in [5.41, 5.74) is 1.18. The van der Waals surface area contributed by atoms with Crippen LogP contribution in [0.2, 0.25) is 0 Å². The van der Waals surface area contributed by atoms with E-state index in [0.717, 1.165) is 28.3 Å². The van der Waals surface area contributed by atoms with Crippen molar-refractivity contribution in [3.63, 3.8) is 0 Å². The molecule has 20 heavy (non-hydrogen) atoms. The first-order valence-electron chi connectivity index (χ1n) is 6.77. The zero-order valence-corrected chi connectivity index (χ0v) is 13.6. The summed E-state index contributed by atoms with van der Waals surface area (Å²) in [6.07, 6.45) is 1.75. The maximum Gasteiger partial charge on any atom is 0.132 e. The topological polar surface area (TPSA) is 34.1 Å². The molecule has 1 aromatic carbocycles. The Kier molecular flexibility index (Phi) is 5.01. The van der Waals surface area contributed by atoms with Crippen molar-refractivity contribution < 1.29 is 4.74 Å². The van der Waals surface area contributed by atoms with Crippen LogP contribution in [0.3, 0.4) is 0 Å². The van der Waals surface area contributed by atoms with Gasteiger partial charge in [0.2, 0.25) is 0 Å². The number of anilines is 1. The number of aromatic nitrogens is 1. The van der Waals surface area contributed by atoms with Crippen LogP contribution in [0.4, 0.5) is 5.82 Å². The predicted octanol–water partition coefficient (Wildman–Crippen LogP) is 5.19. The SMILES string of the molecule is CCNc1cc(Oc2ccc(Br)cc2C(C)C)ccn1. The van der Waals surface area contributed by atoms with Crippen molar-refractivity contribution in [3.05, 3.63) is 46.6 Å². The lowest BCUT2D eigenvalue weighted by atomic mass is 10.0. The molecule has 0 spiro atoms. The second-order valence-corrected chi connectivity index (χ2v) is 5.76. The lowest BCUT2D eigenvalue weighted by molar-refractivity contribution is 0.472. The normalized spacial score (nSPS) is 10.7. The van der Waals surface area contributed by atoms with E-state index >= 15 is 0 Å². The minimum Gasteiger partial charge on any atom is -0.457 e. The third kappa shape index (κ3) is 3.73. The van der Waals surface area contributed by atoms with Gasteiger partial charge in [0.1, 0.15) is 17.3 Å². The van der Waals surface area contributed by atoms with Gasteiger partial charge in [0, 0.05) is 23.3 Å². The minimum atomic E-state index is 0.401. The van der Waals surface area contributed by atoms with Crippen LogP contribution in [0.25, 0.3) is 0 Å². The number of benzene rings is 1. The summed E-state index contributed by atoms with van der Waals surface area (Å²) >= 11 is 3.51. The molecule has 0 bridgehead atoms. The van der Waals surface area contributed by atoms with Gasteiger partial charge in [-0.2, -0.15) is 0 Å². The molecule has 0 saturated heterocycles. The average Bonchev–Trinajstić information content (AvgIpc) is 2.41. The number of hydrogen-bond donors (Lipinski definition) is 1. The Bertz CT molecular complexity index is 584. The van der Waals surface area contributed by atoms with Crippen LogP contribution in [0.1, 0.15) is 32.3 Å². The van der Waals surface area contributed by atoms with Crippen LogP contribution in [0, 0.1) is 0 Å². The highest BCUT2D eigenvalue weighted by Crippen LogP contribution is 2.33. The molecule has 3 nitrogen and oxygen atoms in total. The van der Waals surface area contributed by atoms with Crippen molar-refractivity contribution in [2.45, 2.75) is 26.7 Å². The summed E-state index contributed by atoms with van der Waals surface area (Å²) in [5.74, 6) is 2.91. The van der Waals surface area contributed by atoms with Gasteiger partial charge in [0.15, 0.2) is 0 Å². The Morgan fingerprint density at radius 1 is 1.25 bits per heavy atom. The van der Waals surface area contributed by atoms with Crippen molar-refractivity contribution in [2.75, 3.05) is 11.9 Å². The van der Waals surface area contributed by atoms with Gasteiger partial charge in [-0.25, -0.2) is 4.98 Å². The van der Waals surface area contributed by atoms with E-state index in [9.17, 15) is 0 Å². The van der Waals surface area contributed by atoms with Crippen LogP contribution in [-0.4, -0.2) is 11.5 Å². The molecule has 2 aromatic rings. The first-order valence-corrected chi connectivity index (χ1v) is 7.56. The number of ether oxygens (including phenoxy) is 1. The van der Waals surface area contributed by atoms with E-state index in [-0.39, 0.29) is 0 Å². The second-order valence-electron chi connectivity index (χ2n) is 4.85. The van der Waals surface area contributed by atoms with Gasteiger partial charge in [-0.15, -0.1) is 0 Å². The molecule has 1 aromatic heterocycles. The third-order valence-electron chi connectivity index (χ3n) is 2.91. The van der Waals surface area contributed by atoms with E-state index in [1.165, 1.54) is 5.56 Å². The summed E-state index contributed by atoms with van der Waals surface area (Å²) < 4.78 is 7.08. The molecule has 0 unspecified atom stereocenters. The lowest BCUT2D eigenvalue weighted by Gasteiger charge is -2.14. The fourth-order valence-corrected chi connectivity index (χ4v) is 2.32. The van der Waals surface area contributed by atoms with Gasteiger partial charge in [-0.3, -0.25) is 0 Å². The fraction of sp³-hybridized carbons (Fsp3) is 0.312. The highest BCUT2D eigenvalue weighted by Gasteiger charge is 2.10. The largest absolute Gasteiger partial charge is 0.457 e. The number of nitrogens with zero attached hydrogens (tertiary/aromatic N) is 1. The molecule has 1 N–H and O–H groups in total. The highest BCUT2D eigenvalue weighted by molar-refractivity contribution is 9.10. The molecule has 0 fully saturated rings. The average molecular weight is 335 g/mol. The van der Waals surface area contributed by atoms with Gasteiger partial charge >= 0.3 is 0 Å². The number of halogens is 1. The van der Waals surface area contributed by atoms with Crippen LogP contribution < -0.4 is 10.1 Å². The van der Waals surface area contributed by atoms with Gasteiger partial charge in [0.05, 0.1) is 0 Å². The first-order chi connectivity index (χ1) is 9.60. The van der Waals surface area contributed by atoms with Gasteiger partial charge in [0.25, 0.3) is 0 Å². The monoisotopic (exact) mass is 334 g/mol. The third-order valence-corrected chi connectivity index (χ3v) is 3.40. The first kappa shape index (κ1) is 14.9. The molecule has 0 radical (unpaired) electrons. The quantitative estimate of drug-likeness (QED) is 0.816. The number of pyridine rings is 1. The molecule has 0 saturated carbocycles. The summed E-state index contributed by atoms with van der Waals surface area (Å²) in [6.45, 7) is 7.20. The highest BCUT2D eigenvalue weighted by atomic mass is 79.9. The Morgan fingerprint density at radius 2 is 2.05 bits per heavy atom. The summed E-state index contributed by atoms with van der Waals surface area (Å²) in [4.78, 5) is 4.24. The fourth-order valence-electron chi connectivity index (χ4n) is 1.94. The molecule has 4 heteroatoms. The number of nitrogens with one attached hydrogen (secondary N) is 1. The molecular formula is C16H19BrN2O. The Morgan fingerprint density at radius 3 is 2.75 bits per heavy atom. The second kappa shape index (κ2) is 6.75.